The van der Waals surface area contributed by atoms with Crippen molar-refractivity contribution in [2.24, 2.45) is 0 Å². The van der Waals surface area contributed by atoms with Gasteiger partial charge in [-0.3, -0.25) is 15.0 Å². The molecule has 158 valence electrons. The van der Waals surface area contributed by atoms with E-state index in [4.69, 9.17) is 9.72 Å². The molecule has 1 aromatic carbocycles. The number of anilines is 2. The molecule has 1 saturated heterocycles. The van der Waals surface area contributed by atoms with Gasteiger partial charge in [-0.1, -0.05) is 30.4 Å². The minimum atomic E-state index is -0.0446. The first-order chi connectivity index (χ1) is 14.6. The molecule has 0 bridgehead atoms. The normalized spacial score (nSPS) is 14.7. The topological polar surface area (TPSA) is 83.5 Å². The van der Waals surface area contributed by atoms with Crippen LogP contribution in [-0.2, 0) is 11.2 Å². The highest BCUT2D eigenvalue weighted by Gasteiger charge is 2.21. The Labute approximate surface area is 183 Å². The molecule has 0 radical (unpaired) electrons. The zero-order valence-corrected chi connectivity index (χ0v) is 18.6. The second-order valence-corrected chi connectivity index (χ2v) is 8.81. The molecule has 0 spiro atoms. The fourth-order valence-electron chi connectivity index (χ4n) is 3.23. The number of ether oxygens (including phenoxy) is 1. The number of hydrogen-bond acceptors (Lipinski definition) is 9. The van der Waals surface area contributed by atoms with Crippen molar-refractivity contribution >= 4 is 38.8 Å². The molecule has 2 aromatic heterocycles. The lowest BCUT2D eigenvalue weighted by Gasteiger charge is -2.34. The average Bonchev–Trinajstić information content (AvgIpc) is 3.44. The zero-order chi connectivity index (χ0) is 20.9. The Morgan fingerprint density at radius 3 is 2.80 bits per heavy atom. The first kappa shape index (κ1) is 20.7. The van der Waals surface area contributed by atoms with Gasteiger partial charge < -0.3 is 9.64 Å². The highest BCUT2D eigenvalue weighted by molar-refractivity contribution is 7.15. The zero-order valence-electron chi connectivity index (χ0n) is 17.0. The first-order valence-electron chi connectivity index (χ1n) is 9.84. The van der Waals surface area contributed by atoms with Gasteiger partial charge in [-0.05, 0) is 18.6 Å². The van der Waals surface area contributed by atoms with E-state index in [1.165, 1.54) is 11.3 Å². The molecule has 0 unspecified atom stereocenters. The maximum atomic E-state index is 12.3. The Hall–Kier alpha value is -2.56. The lowest BCUT2D eigenvalue weighted by atomic mass is 10.2. The van der Waals surface area contributed by atoms with Gasteiger partial charge in [0.1, 0.15) is 10.8 Å². The number of aromatic nitrogens is 3. The lowest BCUT2D eigenvalue weighted by Crippen LogP contribution is -2.48. The van der Waals surface area contributed by atoms with Gasteiger partial charge in [-0.25, -0.2) is 4.98 Å². The third-order valence-corrected chi connectivity index (χ3v) is 6.77. The summed E-state index contributed by atoms with van der Waals surface area (Å²) in [4.78, 5) is 21.5. The number of hydrogen-bond donors (Lipinski definition) is 1. The molecule has 1 aliphatic heterocycles. The van der Waals surface area contributed by atoms with Crippen molar-refractivity contribution in [1.82, 2.24) is 20.1 Å². The maximum Gasteiger partial charge on any atom is 0.240 e. The third-order valence-electron chi connectivity index (χ3n) is 4.88. The van der Waals surface area contributed by atoms with Crippen LogP contribution in [0.3, 0.4) is 0 Å². The third kappa shape index (κ3) is 4.94. The number of rotatable bonds is 7. The number of carbonyl (C=O) groups is 1. The molecule has 10 heteroatoms. The highest BCUT2D eigenvalue weighted by atomic mass is 32.1. The van der Waals surface area contributed by atoms with Crippen molar-refractivity contribution in [2.45, 2.75) is 13.3 Å². The Morgan fingerprint density at radius 2 is 2.07 bits per heavy atom. The van der Waals surface area contributed by atoms with Crippen molar-refractivity contribution in [3.63, 3.8) is 0 Å². The summed E-state index contributed by atoms with van der Waals surface area (Å²) in [6.07, 6.45) is 0.825. The Morgan fingerprint density at radius 1 is 1.23 bits per heavy atom. The van der Waals surface area contributed by atoms with Gasteiger partial charge in [0.15, 0.2) is 5.13 Å². The van der Waals surface area contributed by atoms with Crippen LogP contribution in [0.25, 0.3) is 11.3 Å². The number of thiazole rings is 1. The van der Waals surface area contributed by atoms with Gasteiger partial charge in [0.25, 0.3) is 0 Å². The second kappa shape index (κ2) is 9.50. The minimum absolute atomic E-state index is 0.0446. The average molecular weight is 445 g/mol. The molecule has 8 nitrogen and oxygen atoms in total. The predicted octanol–water partition coefficient (Wildman–Crippen LogP) is 2.99. The van der Waals surface area contributed by atoms with E-state index < -0.39 is 0 Å². The highest BCUT2D eigenvalue weighted by Crippen LogP contribution is 2.29. The van der Waals surface area contributed by atoms with Crippen LogP contribution in [0, 0.1) is 0 Å². The monoisotopic (exact) mass is 444 g/mol. The Balaban J connectivity index is 1.29. The summed E-state index contributed by atoms with van der Waals surface area (Å²) in [6.45, 7) is 5.71. The number of carbonyl (C=O) groups excluding carboxylic acids is 1. The molecule has 1 fully saturated rings. The van der Waals surface area contributed by atoms with Crippen LogP contribution in [0.5, 0.6) is 5.75 Å². The lowest BCUT2D eigenvalue weighted by molar-refractivity contribution is -0.117. The number of methoxy groups -OCH3 is 1. The molecular formula is C20H24N6O2S2. The van der Waals surface area contributed by atoms with Gasteiger partial charge in [0.2, 0.25) is 11.0 Å². The van der Waals surface area contributed by atoms with Crippen molar-refractivity contribution < 1.29 is 9.53 Å². The molecule has 1 amide bonds. The van der Waals surface area contributed by atoms with E-state index in [0.29, 0.717) is 11.7 Å². The maximum absolute atomic E-state index is 12.3. The van der Waals surface area contributed by atoms with E-state index in [0.717, 1.165) is 59.7 Å². The summed E-state index contributed by atoms with van der Waals surface area (Å²) in [5.41, 5.74) is 2.01. The van der Waals surface area contributed by atoms with E-state index in [9.17, 15) is 4.79 Å². The van der Waals surface area contributed by atoms with Gasteiger partial charge in [0.05, 0.1) is 19.3 Å². The second-order valence-electron chi connectivity index (χ2n) is 6.91. The van der Waals surface area contributed by atoms with Gasteiger partial charge in [0, 0.05) is 37.1 Å². The standard InChI is InChI=1S/C20H24N6O2S2/c1-3-18-23-24-19(30-18)22-17(27)12-25-7-9-26(10-8-25)20-21-16(13-29-20)14-5-4-6-15(11-14)28-2/h4-6,11,13H,3,7-10,12H2,1-2H3,(H,22,24,27). The van der Waals surface area contributed by atoms with Gasteiger partial charge in [-0.15, -0.1) is 21.5 Å². The Kier molecular flexibility index (Phi) is 6.56. The summed E-state index contributed by atoms with van der Waals surface area (Å²) < 4.78 is 5.31. The summed E-state index contributed by atoms with van der Waals surface area (Å²) in [6, 6.07) is 7.94. The summed E-state index contributed by atoms with van der Waals surface area (Å²) in [5.74, 6) is 0.783. The number of nitrogens with zero attached hydrogens (tertiary/aromatic N) is 5. The summed E-state index contributed by atoms with van der Waals surface area (Å²) >= 11 is 3.08. The minimum Gasteiger partial charge on any atom is -0.497 e. The SMILES string of the molecule is CCc1nnc(NC(=O)CN2CCN(c3nc(-c4cccc(OC)c4)cs3)CC2)s1. The Bertz CT molecular complexity index is 997. The van der Waals surface area contributed by atoms with Crippen molar-refractivity contribution in [3.8, 4) is 17.0 Å². The van der Waals surface area contributed by atoms with E-state index >= 15 is 0 Å². The van der Waals surface area contributed by atoms with Crippen LogP contribution in [-0.4, -0.2) is 65.8 Å². The van der Waals surface area contributed by atoms with Gasteiger partial charge in [-0.2, -0.15) is 0 Å². The number of nitrogens with one attached hydrogen (secondary N) is 1. The van der Waals surface area contributed by atoms with E-state index in [-0.39, 0.29) is 5.91 Å². The van der Waals surface area contributed by atoms with Crippen LogP contribution in [0.2, 0.25) is 0 Å². The molecule has 1 N–H and O–H groups in total. The molecule has 3 heterocycles. The van der Waals surface area contributed by atoms with E-state index in [1.807, 2.05) is 31.2 Å². The number of amides is 1. The fraction of sp³-hybridized carbons (Fsp3) is 0.400. The molecule has 4 rings (SSSR count). The largest absolute Gasteiger partial charge is 0.497 e. The molecular weight excluding hydrogens is 420 g/mol. The molecule has 0 aliphatic carbocycles. The smallest absolute Gasteiger partial charge is 0.240 e. The molecule has 1 aliphatic rings. The molecule has 0 saturated carbocycles. The van der Waals surface area contributed by atoms with Crippen LogP contribution in [0.15, 0.2) is 29.6 Å². The molecule has 0 atom stereocenters. The quantitative estimate of drug-likeness (QED) is 0.600. The van der Waals surface area contributed by atoms with Crippen molar-refractivity contribution in [3.05, 3.63) is 34.7 Å². The van der Waals surface area contributed by atoms with E-state index in [1.54, 1.807) is 18.4 Å². The van der Waals surface area contributed by atoms with Crippen molar-refractivity contribution in [2.75, 3.05) is 50.1 Å². The summed E-state index contributed by atoms with van der Waals surface area (Å²) in [7, 11) is 1.67. The fourth-order valence-corrected chi connectivity index (χ4v) is 4.81. The van der Waals surface area contributed by atoms with E-state index in [2.05, 4.69) is 30.7 Å². The summed E-state index contributed by atoms with van der Waals surface area (Å²) in [5, 5.41) is 15.5. The first-order valence-corrected chi connectivity index (χ1v) is 11.5. The van der Waals surface area contributed by atoms with Crippen LogP contribution < -0.4 is 15.0 Å². The number of benzene rings is 1. The van der Waals surface area contributed by atoms with Crippen LogP contribution in [0.4, 0.5) is 10.3 Å². The number of aryl methyl sites for hydroxylation is 1. The van der Waals surface area contributed by atoms with Crippen molar-refractivity contribution in [1.29, 1.82) is 0 Å². The van der Waals surface area contributed by atoms with Gasteiger partial charge >= 0.3 is 0 Å². The molecule has 3 aromatic rings. The molecule has 30 heavy (non-hydrogen) atoms. The van der Waals surface area contributed by atoms with Crippen LogP contribution >= 0.6 is 22.7 Å². The predicted molar refractivity (Wildman–Crippen MR) is 121 cm³/mol. The number of piperazine rings is 1. The van der Waals surface area contributed by atoms with Crippen LogP contribution in [0.1, 0.15) is 11.9 Å².